The van der Waals surface area contributed by atoms with Crippen molar-refractivity contribution in [2.24, 2.45) is 0 Å². The van der Waals surface area contributed by atoms with E-state index in [0.29, 0.717) is 0 Å². The lowest BCUT2D eigenvalue weighted by Gasteiger charge is -2.29. The number of anilines is 2. The number of rotatable bonds is 3. The van der Waals surface area contributed by atoms with Gasteiger partial charge in [-0.3, -0.25) is 4.79 Å². The van der Waals surface area contributed by atoms with Crippen molar-refractivity contribution in [3.63, 3.8) is 0 Å². The van der Waals surface area contributed by atoms with Crippen LogP contribution in [0.5, 0.6) is 0 Å². The lowest BCUT2D eigenvalue weighted by molar-refractivity contribution is -0.118. The lowest BCUT2D eigenvalue weighted by atomic mass is 10.0. The lowest BCUT2D eigenvalue weighted by Crippen LogP contribution is -2.43. The van der Waals surface area contributed by atoms with Crippen LogP contribution in [0.15, 0.2) is 24.3 Å². The molecule has 1 aromatic rings. The summed E-state index contributed by atoms with van der Waals surface area (Å²) in [4.78, 5) is 14.6. The van der Waals surface area contributed by atoms with Gasteiger partial charge in [0.15, 0.2) is 0 Å². The highest BCUT2D eigenvalue weighted by Crippen LogP contribution is 2.22. The highest BCUT2D eigenvalue weighted by molar-refractivity contribution is 5.95. The van der Waals surface area contributed by atoms with Crippen molar-refractivity contribution < 1.29 is 4.79 Å². The molecule has 0 saturated carbocycles. The van der Waals surface area contributed by atoms with Crippen LogP contribution < -0.4 is 15.5 Å². The second-order valence-electron chi connectivity index (χ2n) is 6.09. The minimum atomic E-state index is -0.0273. The first-order valence-electron chi connectivity index (χ1n) is 8.22. The molecule has 1 amide bonds. The van der Waals surface area contributed by atoms with E-state index in [4.69, 9.17) is 0 Å². The van der Waals surface area contributed by atoms with Crippen molar-refractivity contribution in [1.82, 2.24) is 5.32 Å². The summed E-state index contributed by atoms with van der Waals surface area (Å²) in [6, 6.07) is 8.25. The van der Waals surface area contributed by atoms with E-state index >= 15 is 0 Å². The van der Waals surface area contributed by atoms with Gasteiger partial charge >= 0.3 is 0 Å². The maximum atomic E-state index is 12.2. The normalized spacial score (nSPS) is 22.9. The van der Waals surface area contributed by atoms with Gasteiger partial charge in [-0.05, 0) is 62.9 Å². The largest absolute Gasteiger partial charge is 0.372 e. The molecule has 4 heteroatoms. The molecular weight excluding hydrogens is 262 g/mol. The van der Waals surface area contributed by atoms with E-state index in [1.54, 1.807) is 0 Å². The number of carbonyl (C=O) groups is 1. The quantitative estimate of drug-likeness (QED) is 0.898. The molecule has 2 aliphatic rings. The van der Waals surface area contributed by atoms with Crippen LogP contribution in [0.25, 0.3) is 0 Å². The van der Waals surface area contributed by atoms with Crippen LogP contribution in [0.3, 0.4) is 0 Å². The summed E-state index contributed by atoms with van der Waals surface area (Å²) in [5, 5.41) is 6.30. The molecule has 3 rings (SSSR count). The summed E-state index contributed by atoms with van der Waals surface area (Å²) in [6.45, 7) is 3.25. The average molecular weight is 287 g/mol. The number of hydrogen-bond donors (Lipinski definition) is 2. The maximum absolute atomic E-state index is 12.2. The van der Waals surface area contributed by atoms with Gasteiger partial charge in [0.25, 0.3) is 0 Å². The van der Waals surface area contributed by atoms with E-state index in [0.717, 1.165) is 38.2 Å². The van der Waals surface area contributed by atoms with Crippen molar-refractivity contribution in [3.8, 4) is 0 Å². The molecule has 4 nitrogen and oxygen atoms in total. The van der Waals surface area contributed by atoms with Gasteiger partial charge < -0.3 is 15.5 Å². The standard InChI is InChI=1S/C17H25N3O/c21-17(16-6-2-3-11-18-16)19-14-7-9-15(10-8-14)20-12-4-1-5-13-20/h7-10,16,18H,1-6,11-13H2,(H,19,21)/t16-/m0/s1. The second kappa shape index (κ2) is 6.94. The molecule has 0 bridgehead atoms. The Labute approximate surface area is 126 Å². The average Bonchev–Trinajstić information content (AvgIpc) is 2.57. The van der Waals surface area contributed by atoms with E-state index in [-0.39, 0.29) is 11.9 Å². The molecule has 21 heavy (non-hydrogen) atoms. The predicted octanol–water partition coefficient (Wildman–Crippen LogP) is 2.76. The third-order valence-electron chi connectivity index (χ3n) is 4.48. The molecule has 2 N–H and O–H groups in total. The molecule has 0 radical (unpaired) electrons. The first-order chi connectivity index (χ1) is 10.3. The zero-order valence-corrected chi connectivity index (χ0v) is 12.6. The SMILES string of the molecule is O=C(Nc1ccc(N2CCCCC2)cc1)[C@@H]1CCCCN1. The summed E-state index contributed by atoms with van der Waals surface area (Å²) in [5.41, 5.74) is 2.16. The highest BCUT2D eigenvalue weighted by atomic mass is 16.2. The fourth-order valence-corrected chi connectivity index (χ4v) is 3.21. The molecule has 0 unspecified atom stereocenters. The van der Waals surface area contributed by atoms with Crippen molar-refractivity contribution in [2.45, 2.75) is 44.6 Å². The number of carbonyl (C=O) groups excluding carboxylic acids is 1. The smallest absolute Gasteiger partial charge is 0.241 e. The number of nitrogens with zero attached hydrogens (tertiary/aromatic N) is 1. The van der Waals surface area contributed by atoms with Crippen LogP contribution in [0.1, 0.15) is 38.5 Å². The van der Waals surface area contributed by atoms with Gasteiger partial charge in [0.1, 0.15) is 0 Å². The Kier molecular flexibility index (Phi) is 4.76. The summed E-state index contributed by atoms with van der Waals surface area (Å²) < 4.78 is 0. The Balaban J connectivity index is 1.57. The van der Waals surface area contributed by atoms with Gasteiger partial charge in [-0.2, -0.15) is 0 Å². The molecule has 2 saturated heterocycles. The van der Waals surface area contributed by atoms with Crippen LogP contribution in [0.4, 0.5) is 11.4 Å². The van der Waals surface area contributed by atoms with Gasteiger partial charge in [-0.25, -0.2) is 0 Å². The molecule has 0 aromatic heterocycles. The first-order valence-corrected chi connectivity index (χ1v) is 8.22. The fourth-order valence-electron chi connectivity index (χ4n) is 3.21. The van der Waals surface area contributed by atoms with Gasteiger partial charge in [0.2, 0.25) is 5.91 Å². The van der Waals surface area contributed by atoms with Crippen LogP contribution in [0, 0.1) is 0 Å². The Hall–Kier alpha value is -1.55. The Morgan fingerprint density at radius 3 is 2.48 bits per heavy atom. The third-order valence-corrected chi connectivity index (χ3v) is 4.48. The van der Waals surface area contributed by atoms with Crippen LogP contribution >= 0.6 is 0 Å². The van der Waals surface area contributed by atoms with Crippen molar-refractivity contribution >= 4 is 17.3 Å². The Bertz CT molecular complexity index is 459. The molecule has 0 aliphatic carbocycles. The molecule has 114 valence electrons. The molecule has 1 aromatic carbocycles. The van der Waals surface area contributed by atoms with Gasteiger partial charge in [-0.15, -0.1) is 0 Å². The molecule has 0 spiro atoms. The van der Waals surface area contributed by atoms with Crippen LogP contribution in [0.2, 0.25) is 0 Å². The molecule has 2 aliphatic heterocycles. The predicted molar refractivity (Wildman–Crippen MR) is 86.8 cm³/mol. The third kappa shape index (κ3) is 3.76. The zero-order chi connectivity index (χ0) is 14.5. The van der Waals surface area contributed by atoms with E-state index in [9.17, 15) is 4.79 Å². The maximum Gasteiger partial charge on any atom is 0.241 e. The number of nitrogens with one attached hydrogen (secondary N) is 2. The molecule has 2 heterocycles. The number of amides is 1. The minimum Gasteiger partial charge on any atom is -0.372 e. The monoisotopic (exact) mass is 287 g/mol. The number of piperidine rings is 2. The summed E-state index contributed by atoms with van der Waals surface area (Å²) in [5.74, 6) is 0.0976. The van der Waals surface area contributed by atoms with E-state index in [1.165, 1.54) is 31.4 Å². The number of benzene rings is 1. The number of hydrogen-bond acceptors (Lipinski definition) is 3. The van der Waals surface area contributed by atoms with Gasteiger partial charge in [-0.1, -0.05) is 6.42 Å². The molecule has 2 fully saturated rings. The zero-order valence-electron chi connectivity index (χ0n) is 12.6. The topological polar surface area (TPSA) is 44.4 Å². The first kappa shape index (κ1) is 14.4. The minimum absolute atomic E-state index is 0.0273. The van der Waals surface area contributed by atoms with Crippen molar-refractivity contribution in [2.75, 3.05) is 29.9 Å². The van der Waals surface area contributed by atoms with Gasteiger partial charge in [0, 0.05) is 24.5 Å². The Morgan fingerprint density at radius 1 is 1.05 bits per heavy atom. The second-order valence-corrected chi connectivity index (χ2v) is 6.09. The van der Waals surface area contributed by atoms with Crippen molar-refractivity contribution in [1.29, 1.82) is 0 Å². The van der Waals surface area contributed by atoms with E-state index < -0.39 is 0 Å². The highest BCUT2D eigenvalue weighted by Gasteiger charge is 2.20. The van der Waals surface area contributed by atoms with E-state index in [2.05, 4.69) is 27.7 Å². The van der Waals surface area contributed by atoms with Crippen LogP contribution in [-0.4, -0.2) is 31.6 Å². The van der Waals surface area contributed by atoms with Crippen LogP contribution in [-0.2, 0) is 4.79 Å². The summed E-state index contributed by atoms with van der Waals surface area (Å²) >= 11 is 0. The summed E-state index contributed by atoms with van der Waals surface area (Å²) in [7, 11) is 0. The molecular formula is C17H25N3O. The van der Waals surface area contributed by atoms with Crippen molar-refractivity contribution in [3.05, 3.63) is 24.3 Å². The molecule has 1 atom stereocenters. The Morgan fingerprint density at radius 2 is 1.81 bits per heavy atom. The van der Waals surface area contributed by atoms with E-state index in [1.807, 2.05) is 12.1 Å². The summed E-state index contributed by atoms with van der Waals surface area (Å²) in [6.07, 6.45) is 7.17. The fraction of sp³-hybridized carbons (Fsp3) is 0.588. The van der Waals surface area contributed by atoms with Gasteiger partial charge in [0.05, 0.1) is 6.04 Å².